The average Bonchev–Trinajstić information content (AvgIpc) is 2.48. The Labute approximate surface area is 133 Å². The normalized spacial score (nSPS) is 20.3. The second-order valence-electron chi connectivity index (χ2n) is 5.86. The highest BCUT2D eigenvalue weighted by atomic mass is 35.5. The summed E-state index contributed by atoms with van der Waals surface area (Å²) in [7, 11) is 2.09. The van der Waals surface area contributed by atoms with Gasteiger partial charge in [-0.15, -0.1) is 0 Å². The minimum Gasteiger partial charge on any atom is -0.376 e. The van der Waals surface area contributed by atoms with Gasteiger partial charge in [0.15, 0.2) is 0 Å². The van der Waals surface area contributed by atoms with E-state index in [9.17, 15) is 0 Å². The maximum atomic E-state index is 6.48. The number of nitrogens with one attached hydrogen (secondary N) is 1. The molecule has 2 unspecified atom stereocenters. The molecule has 21 heavy (non-hydrogen) atoms. The first kappa shape index (κ1) is 16.6. The Hall–Kier alpha value is -0.770. The van der Waals surface area contributed by atoms with E-state index >= 15 is 0 Å². The lowest BCUT2D eigenvalue weighted by Gasteiger charge is -2.29. The van der Waals surface area contributed by atoms with Gasteiger partial charge in [0.25, 0.3) is 0 Å². The summed E-state index contributed by atoms with van der Waals surface area (Å²) in [6.07, 6.45) is 3.95. The lowest BCUT2D eigenvalue weighted by molar-refractivity contribution is 0.0216. The van der Waals surface area contributed by atoms with E-state index in [1.807, 2.05) is 0 Å². The molecule has 1 heterocycles. The summed E-state index contributed by atoms with van der Waals surface area (Å²) in [5.74, 6) is 0. The van der Waals surface area contributed by atoms with Crippen LogP contribution in [0.5, 0.6) is 0 Å². The summed E-state index contributed by atoms with van der Waals surface area (Å²) in [5, 5.41) is 4.23. The van der Waals surface area contributed by atoms with Gasteiger partial charge >= 0.3 is 0 Å². The molecule has 0 spiro atoms. The molecule has 1 fully saturated rings. The number of benzene rings is 1. The Balaban J connectivity index is 2.01. The number of ether oxygens (including phenoxy) is 1. The molecule has 0 amide bonds. The van der Waals surface area contributed by atoms with Gasteiger partial charge in [-0.3, -0.25) is 0 Å². The molecule has 4 heteroatoms. The Morgan fingerprint density at radius 2 is 2.24 bits per heavy atom. The van der Waals surface area contributed by atoms with Crippen LogP contribution in [0.15, 0.2) is 18.2 Å². The van der Waals surface area contributed by atoms with Crippen LogP contribution in [-0.4, -0.2) is 32.8 Å². The van der Waals surface area contributed by atoms with Gasteiger partial charge in [-0.1, -0.05) is 24.6 Å². The van der Waals surface area contributed by atoms with Gasteiger partial charge in [0, 0.05) is 26.2 Å². The van der Waals surface area contributed by atoms with Crippen molar-refractivity contribution in [1.29, 1.82) is 0 Å². The Morgan fingerprint density at radius 1 is 1.43 bits per heavy atom. The summed E-state index contributed by atoms with van der Waals surface area (Å²) in [4.78, 5) is 2.21. The Kier molecular flexibility index (Phi) is 6.34. The van der Waals surface area contributed by atoms with Crippen molar-refractivity contribution in [2.75, 3.05) is 31.6 Å². The monoisotopic (exact) mass is 310 g/mol. The van der Waals surface area contributed by atoms with E-state index in [4.69, 9.17) is 16.3 Å². The molecule has 2 atom stereocenters. The van der Waals surface area contributed by atoms with Crippen molar-refractivity contribution < 1.29 is 4.74 Å². The molecule has 0 aliphatic carbocycles. The second-order valence-corrected chi connectivity index (χ2v) is 6.27. The Bertz CT molecular complexity index is 446. The summed E-state index contributed by atoms with van der Waals surface area (Å²) in [6, 6.07) is 6.68. The molecule has 3 nitrogen and oxygen atoms in total. The van der Waals surface area contributed by atoms with Crippen molar-refractivity contribution in [2.45, 2.75) is 45.3 Å². The van der Waals surface area contributed by atoms with Gasteiger partial charge in [-0.05, 0) is 50.4 Å². The average molecular weight is 311 g/mol. The lowest BCUT2D eigenvalue weighted by atomic mass is 10.1. The van der Waals surface area contributed by atoms with Crippen molar-refractivity contribution in [3.05, 3.63) is 28.8 Å². The molecule has 1 aromatic rings. The largest absolute Gasteiger partial charge is 0.376 e. The summed E-state index contributed by atoms with van der Waals surface area (Å²) >= 11 is 6.48. The second kappa shape index (κ2) is 8.02. The van der Waals surface area contributed by atoms with Gasteiger partial charge in [0.05, 0.1) is 16.8 Å². The first-order valence-electron chi connectivity index (χ1n) is 7.97. The summed E-state index contributed by atoms with van der Waals surface area (Å²) < 4.78 is 5.81. The number of nitrogens with zero attached hydrogens (tertiary/aromatic N) is 1. The van der Waals surface area contributed by atoms with E-state index in [0.29, 0.717) is 12.1 Å². The molecular weight excluding hydrogens is 284 g/mol. The number of hydrogen-bond donors (Lipinski definition) is 1. The van der Waals surface area contributed by atoms with E-state index < -0.39 is 0 Å². The van der Waals surface area contributed by atoms with Crippen LogP contribution in [0.3, 0.4) is 0 Å². The first-order valence-corrected chi connectivity index (χ1v) is 8.35. The highest BCUT2D eigenvalue weighted by Gasteiger charge is 2.17. The van der Waals surface area contributed by atoms with E-state index in [1.54, 1.807) is 0 Å². The highest BCUT2D eigenvalue weighted by molar-refractivity contribution is 6.33. The van der Waals surface area contributed by atoms with E-state index in [1.165, 1.54) is 18.4 Å². The third kappa shape index (κ3) is 4.60. The van der Waals surface area contributed by atoms with Crippen molar-refractivity contribution in [2.24, 2.45) is 0 Å². The van der Waals surface area contributed by atoms with E-state index in [-0.39, 0.29) is 0 Å². The van der Waals surface area contributed by atoms with Gasteiger partial charge in [0.2, 0.25) is 0 Å². The van der Waals surface area contributed by atoms with Crippen molar-refractivity contribution in [3.8, 4) is 0 Å². The maximum absolute atomic E-state index is 6.48. The predicted octanol–water partition coefficient (Wildman–Crippen LogP) is 4.02. The molecule has 0 saturated carbocycles. The van der Waals surface area contributed by atoms with Crippen LogP contribution in [0.2, 0.25) is 5.02 Å². The zero-order valence-electron chi connectivity index (χ0n) is 13.4. The predicted molar refractivity (Wildman–Crippen MR) is 90.4 cm³/mol. The number of likely N-dealkylation sites (N-methyl/N-ethyl adjacent to an activating group) is 1. The van der Waals surface area contributed by atoms with Crippen molar-refractivity contribution >= 4 is 17.3 Å². The third-order valence-corrected chi connectivity index (χ3v) is 4.45. The maximum Gasteiger partial charge on any atom is 0.0749 e. The Morgan fingerprint density at radius 3 is 2.86 bits per heavy atom. The quantitative estimate of drug-likeness (QED) is 0.859. The molecular formula is C17H27ClN2O. The topological polar surface area (TPSA) is 24.5 Å². The molecule has 118 valence electrons. The number of rotatable bonds is 6. The lowest BCUT2D eigenvalue weighted by Crippen LogP contribution is -2.33. The fourth-order valence-electron chi connectivity index (χ4n) is 2.88. The number of anilines is 1. The first-order chi connectivity index (χ1) is 10.1. The van der Waals surface area contributed by atoms with Crippen LogP contribution in [-0.2, 0) is 4.74 Å². The number of halogens is 1. The zero-order chi connectivity index (χ0) is 15.2. The minimum absolute atomic E-state index is 0.327. The van der Waals surface area contributed by atoms with Gasteiger partial charge in [-0.25, -0.2) is 0 Å². The van der Waals surface area contributed by atoms with E-state index in [2.05, 4.69) is 49.3 Å². The summed E-state index contributed by atoms with van der Waals surface area (Å²) in [5.41, 5.74) is 2.31. The third-order valence-electron chi connectivity index (χ3n) is 4.14. The fourth-order valence-corrected chi connectivity index (χ4v) is 3.21. The fraction of sp³-hybridized carbons (Fsp3) is 0.647. The molecule has 2 rings (SSSR count). The van der Waals surface area contributed by atoms with Crippen LogP contribution in [0.25, 0.3) is 0 Å². The molecule has 1 aromatic carbocycles. The molecule has 1 aliphatic heterocycles. The number of hydrogen-bond acceptors (Lipinski definition) is 3. The molecule has 0 aromatic heterocycles. The molecule has 1 aliphatic rings. The van der Waals surface area contributed by atoms with Crippen LogP contribution >= 0.6 is 11.6 Å². The van der Waals surface area contributed by atoms with Crippen LogP contribution < -0.4 is 10.2 Å². The smallest absolute Gasteiger partial charge is 0.0749 e. The molecule has 1 N–H and O–H groups in total. The van der Waals surface area contributed by atoms with E-state index in [0.717, 1.165) is 36.8 Å². The molecule has 1 saturated heterocycles. The molecule has 0 radical (unpaired) electrons. The zero-order valence-corrected chi connectivity index (χ0v) is 14.1. The molecule has 0 bridgehead atoms. The van der Waals surface area contributed by atoms with Gasteiger partial charge in [0.1, 0.15) is 0 Å². The SMILES string of the molecule is CCNC(C)c1ccc(N(C)CC2CCCCO2)c(Cl)c1. The van der Waals surface area contributed by atoms with Crippen LogP contribution in [0, 0.1) is 0 Å². The van der Waals surface area contributed by atoms with Crippen LogP contribution in [0.1, 0.15) is 44.7 Å². The van der Waals surface area contributed by atoms with Crippen LogP contribution in [0.4, 0.5) is 5.69 Å². The minimum atomic E-state index is 0.327. The van der Waals surface area contributed by atoms with Crippen molar-refractivity contribution in [3.63, 3.8) is 0 Å². The summed E-state index contributed by atoms with van der Waals surface area (Å²) in [6.45, 7) is 7.03. The van der Waals surface area contributed by atoms with Gasteiger partial charge in [-0.2, -0.15) is 0 Å². The highest BCUT2D eigenvalue weighted by Crippen LogP contribution is 2.29. The van der Waals surface area contributed by atoms with Gasteiger partial charge < -0.3 is 15.0 Å². The van der Waals surface area contributed by atoms with Crippen molar-refractivity contribution in [1.82, 2.24) is 5.32 Å². The standard InChI is InChI=1S/C17H27ClN2O/c1-4-19-13(2)14-8-9-17(16(18)11-14)20(3)12-15-7-5-6-10-21-15/h8-9,11,13,15,19H,4-7,10,12H2,1-3H3.